The standard InChI is InChI=1S/C15H20N4S.HI/c1-11-8-13-9-12(2-3-14(13)18-11)10-17-15(16)19-4-6-20-7-5-19;/h2-3,8-9,18H,4-7,10H2,1H3,(H2,16,17);1H. The molecule has 1 fully saturated rings. The molecule has 0 bridgehead atoms. The van der Waals surface area contributed by atoms with Crippen molar-refractivity contribution in [2.75, 3.05) is 24.6 Å². The number of nitrogens with one attached hydrogen (secondary N) is 1. The number of H-pyrrole nitrogens is 1. The van der Waals surface area contributed by atoms with Crippen molar-refractivity contribution in [3.05, 3.63) is 35.5 Å². The molecule has 3 N–H and O–H groups in total. The molecular formula is C15H21IN4S. The molecule has 114 valence electrons. The summed E-state index contributed by atoms with van der Waals surface area (Å²) >= 11 is 1.98. The van der Waals surface area contributed by atoms with Crippen LogP contribution in [0.2, 0.25) is 0 Å². The molecule has 0 amide bonds. The molecule has 1 aromatic carbocycles. The van der Waals surface area contributed by atoms with Gasteiger partial charge >= 0.3 is 0 Å². The number of nitrogens with two attached hydrogens (primary N) is 1. The number of aromatic amines is 1. The zero-order valence-electron chi connectivity index (χ0n) is 12.1. The smallest absolute Gasteiger partial charge is 0.191 e. The molecule has 6 heteroatoms. The third kappa shape index (κ3) is 4.06. The van der Waals surface area contributed by atoms with Crippen LogP contribution in [-0.2, 0) is 6.54 Å². The number of rotatable bonds is 2. The summed E-state index contributed by atoms with van der Waals surface area (Å²) < 4.78 is 0. The summed E-state index contributed by atoms with van der Waals surface area (Å²) in [5, 5.41) is 1.24. The summed E-state index contributed by atoms with van der Waals surface area (Å²) in [4.78, 5) is 10.0. The van der Waals surface area contributed by atoms with Crippen LogP contribution in [0.25, 0.3) is 10.9 Å². The Morgan fingerprint density at radius 2 is 2.10 bits per heavy atom. The van der Waals surface area contributed by atoms with Gasteiger partial charge in [0.05, 0.1) is 6.54 Å². The largest absolute Gasteiger partial charge is 0.370 e. The normalized spacial score (nSPS) is 16.0. The number of benzene rings is 1. The van der Waals surface area contributed by atoms with Crippen molar-refractivity contribution in [2.45, 2.75) is 13.5 Å². The Morgan fingerprint density at radius 1 is 1.33 bits per heavy atom. The lowest BCUT2D eigenvalue weighted by Crippen LogP contribution is -2.42. The SMILES string of the molecule is Cc1cc2cc(CN=C(N)N3CCSCC3)ccc2[nH]1.I. The molecule has 0 atom stereocenters. The van der Waals surface area contributed by atoms with Crippen molar-refractivity contribution in [1.29, 1.82) is 0 Å². The Kier molecular flexibility index (Phi) is 5.80. The van der Waals surface area contributed by atoms with Crippen molar-refractivity contribution in [1.82, 2.24) is 9.88 Å². The van der Waals surface area contributed by atoms with Crippen LogP contribution >= 0.6 is 35.7 Å². The second-order valence-corrected chi connectivity index (χ2v) is 6.37. The lowest BCUT2D eigenvalue weighted by Gasteiger charge is -2.27. The number of guanidine groups is 1. The lowest BCUT2D eigenvalue weighted by atomic mass is 10.1. The minimum Gasteiger partial charge on any atom is -0.370 e. The van der Waals surface area contributed by atoms with Gasteiger partial charge in [0.1, 0.15) is 0 Å². The fourth-order valence-electron chi connectivity index (χ4n) is 2.49. The number of hydrogen-bond donors (Lipinski definition) is 2. The van der Waals surface area contributed by atoms with E-state index in [1.165, 1.54) is 22.2 Å². The third-order valence-corrected chi connectivity index (χ3v) is 4.52. The van der Waals surface area contributed by atoms with Crippen LogP contribution in [0.1, 0.15) is 11.3 Å². The Bertz CT molecular complexity index is 632. The highest BCUT2D eigenvalue weighted by Crippen LogP contribution is 2.17. The average molecular weight is 416 g/mol. The first-order valence-electron chi connectivity index (χ1n) is 6.93. The van der Waals surface area contributed by atoms with E-state index in [0.717, 1.165) is 24.6 Å². The molecule has 0 spiro atoms. The molecule has 1 aromatic heterocycles. The van der Waals surface area contributed by atoms with Crippen molar-refractivity contribution < 1.29 is 0 Å². The van der Waals surface area contributed by atoms with Crippen LogP contribution in [0.15, 0.2) is 29.3 Å². The molecular weight excluding hydrogens is 395 g/mol. The van der Waals surface area contributed by atoms with Crippen LogP contribution in [0.3, 0.4) is 0 Å². The van der Waals surface area contributed by atoms with E-state index >= 15 is 0 Å². The van der Waals surface area contributed by atoms with Gasteiger partial charge in [-0.05, 0) is 36.1 Å². The quantitative estimate of drug-likeness (QED) is 0.450. The lowest BCUT2D eigenvalue weighted by molar-refractivity contribution is 0.455. The first-order chi connectivity index (χ1) is 9.72. The van der Waals surface area contributed by atoms with Crippen molar-refractivity contribution in [3.63, 3.8) is 0 Å². The summed E-state index contributed by atoms with van der Waals surface area (Å²) in [7, 11) is 0. The highest BCUT2D eigenvalue weighted by Gasteiger charge is 2.11. The van der Waals surface area contributed by atoms with E-state index in [0.29, 0.717) is 12.5 Å². The molecule has 1 aliphatic rings. The summed E-state index contributed by atoms with van der Waals surface area (Å²) in [6.07, 6.45) is 0. The second kappa shape index (κ2) is 7.40. The summed E-state index contributed by atoms with van der Waals surface area (Å²) in [6.45, 7) is 4.74. The maximum Gasteiger partial charge on any atom is 0.191 e. The minimum atomic E-state index is 0. The van der Waals surface area contributed by atoms with Gasteiger partial charge in [-0.15, -0.1) is 24.0 Å². The average Bonchev–Trinajstić information content (AvgIpc) is 2.85. The van der Waals surface area contributed by atoms with Gasteiger partial charge in [-0.1, -0.05) is 6.07 Å². The molecule has 2 aromatic rings. The molecule has 4 nitrogen and oxygen atoms in total. The van der Waals surface area contributed by atoms with E-state index < -0.39 is 0 Å². The fourth-order valence-corrected chi connectivity index (χ4v) is 3.39. The third-order valence-electron chi connectivity index (χ3n) is 3.58. The Labute approximate surface area is 146 Å². The monoisotopic (exact) mass is 416 g/mol. The minimum absolute atomic E-state index is 0. The molecule has 0 unspecified atom stereocenters. The molecule has 0 radical (unpaired) electrons. The molecule has 0 aliphatic carbocycles. The fraction of sp³-hybridized carbons (Fsp3) is 0.400. The highest BCUT2D eigenvalue weighted by molar-refractivity contribution is 14.0. The summed E-state index contributed by atoms with van der Waals surface area (Å²) in [5.74, 6) is 2.96. The number of aromatic nitrogens is 1. The molecule has 1 saturated heterocycles. The Hall–Kier alpha value is -0.890. The predicted octanol–water partition coefficient (Wildman–Crippen LogP) is 2.96. The number of nitrogens with zero attached hydrogens (tertiary/aromatic N) is 2. The van der Waals surface area contributed by atoms with E-state index in [9.17, 15) is 0 Å². The number of aliphatic imine (C=N–C) groups is 1. The predicted molar refractivity (Wildman–Crippen MR) is 103 cm³/mol. The number of hydrogen-bond acceptors (Lipinski definition) is 2. The van der Waals surface area contributed by atoms with Gasteiger partial charge in [0, 0.05) is 35.8 Å². The second-order valence-electron chi connectivity index (χ2n) is 5.15. The van der Waals surface area contributed by atoms with Crippen LogP contribution in [0, 0.1) is 6.92 Å². The van der Waals surface area contributed by atoms with E-state index in [-0.39, 0.29) is 24.0 Å². The Morgan fingerprint density at radius 3 is 2.86 bits per heavy atom. The molecule has 1 aliphatic heterocycles. The number of fused-ring (bicyclic) bond motifs is 1. The van der Waals surface area contributed by atoms with Crippen molar-refractivity contribution >= 4 is 52.6 Å². The molecule has 3 rings (SSSR count). The van der Waals surface area contributed by atoms with Gasteiger partial charge in [0.2, 0.25) is 0 Å². The van der Waals surface area contributed by atoms with Gasteiger partial charge < -0.3 is 15.6 Å². The summed E-state index contributed by atoms with van der Waals surface area (Å²) in [5.41, 5.74) is 9.64. The number of thioether (sulfide) groups is 1. The van der Waals surface area contributed by atoms with Crippen molar-refractivity contribution in [2.24, 2.45) is 10.7 Å². The zero-order valence-corrected chi connectivity index (χ0v) is 15.3. The topological polar surface area (TPSA) is 57.4 Å². The van der Waals surface area contributed by atoms with Gasteiger partial charge in [-0.25, -0.2) is 4.99 Å². The number of aryl methyl sites for hydroxylation is 1. The van der Waals surface area contributed by atoms with Gasteiger partial charge in [-0.3, -0.25) is 0 Å². The first-order valence-corrected chi connectivity index (χ1v) is 8.09. The van der Waals surface area contributed by atoms with Crippen LogP contribution in [0.4, 0.5) is 0 Å². The zero-order chi connectivity index (χ0) is 13.9. The Balaban J connectivity index is 0.00000161. The van der Waals surface area contributed by atoms with E-state index in [4.69, 9.17) is 5.73 Å². The molecule has 2 heterocycles. The molecule has 21 heavy (non-hydrogen) atoms. The molecule has 0 saturated carbocycles. The first kappa shape index (κ1) is 16.5. The summed E-state index contributed by atoms with van der Waals surface area (Å²) in [6, 6.07) is 8.57. The van der Waals surface area contributed by atoms with Crippen LogP contribution < -0.4 is 5.73 Å². The number of halogens is 1. The van der Waals surface area contributed by atoms with E-state index in [1.54, 1.807) is 0 Å². The van der Waals surface area contributed by atoms with Crippen LogP contribution in [0.5, 0.6) is 0 Å². The maximum atomic E-state index is 6.07. The maximum absolute atomic E-state index is 6.07. The highest BCUT2D eigenvalue weighted by atomic mass is 127. The van der Waals surface area contributed by atoms with E-state index in [1.807, 2.05) is 11.8 Å². The van der Waals surface area contributed by atoms with Gasteiger partial charge in [0.15, 0.2) is 5.96 Å². The van der Waals surface area contributed by atoms with Crippen molar-refractivity contribution in [3.8, 4) is 0 Å². The van der Waals surface area contributed by atoms with Gasteiger partial charge in [-0.2, -0.15) is 11.8 Å². The van der Waals surface area contributed by atoms with E-state index in [2.05, 4.69) is 46.1 Å². The van der Waals surface area contributed by atoms with Crippen LogP contribution in [-0.4, -0.2) is 40.4 Å². The van der Waals surface area contributed by atoms with Gasteiger partial charge in [0.25, 0.3) is 0 Å².